The van der Waals surface area contributed by atoms with Crippen LogP contribution in [0.3, 0.4) is 0 Å². The van der Waals surface area contributed by atoms with E-state index in [1.807, 2.05) is 5.57 Å². The molecule has 1 nitrogen and oxygen atoms in total. The molecule has 0 heterocycles. The third kappa shape index (κ3) is 5.04. The molecule has 0 aliphatic heterocycles. The fourth-order valence-corrected chi connectivity index (χ4v) is 9.21. The maximum atomic E-state index is 6.40. The minimum Gasteiger partial charge on any atom is -0.328 e. The fraction of sp³-hybridized carbons (Fsp3) is 0.935. The Labute approximate surface area is 200 Å². The van der Waals surface area contributed by atoms with Gasteiger partial charge in [-0.3, -0.25) is 0 Å². The Balaban J connectivity index is 1.26. The maximum Gasteiger partial charge on any atom is 0.00418 e. The van der Waals surface area contributed by atoms with Gasteiger partial charge in [0.05, 0.1) is 0 Å². The summed E-state index contributed by atoms with van der Waals surface area (Å²) in [6.07, 6.45) is 29.9. The van der Waals surface area contributed by atoms with E-state index in [4.69, 9.17) is 5.73 Å². The summed E-state index contributed by atoms with van der Waals surface area (Å²) >= 11 is 0. The van der Waals surface area contributed by atoms with Gasteiger partial charge in [0.1, 0.15) is 0 Å². The van der Waals surface area contributed by atoms with Crippen LogP contribution in [0.4, 0.5) is 0 Å². The molecule has 0 aromatic rings. The van der Waals surface area contributed by atoms with Crippen LogP contribution >= 0.6 is 0 Å². The zero-order chi connectivity index (χ0) is 22.6. The predicted octanol–water partition coefficient (Wildman–Crippen LogP) is 9.20. The van der Waals surface area contributed by atoms with E-state index in [1.54, 1.807) is 0 Å². The first kappa shape index (κ1) is 24.8. The van der Waals surface area contributed by atoms with Crippen molar-refractivity contribution >= 4 is 0 Å². The van der Waals surface area contributed by atoms with Crippen LogP contribution in [0.5, 0.6) is 0 Å². The van der Waals surface area contributed by atoms with Crippen LogP contribution in [-0.2, 0) is 0 Å². The highest BCUT2D eigenvalue weighted by molar-refractivity contribution is 5.24. The topological polar surface area (TPSA) is 26.0 Å². The molecule has 0 spiro atoms. The number of allylic oxidation sites excluding steroid dienone is 2. The summed E-state index contributed by atoms with van der Waals surface area (Å²) in [6.45, 7) is 7.66. The number of nitrogens with two attached hydrogens (primary N) is 1. The first-order valence-corrected chi connectivity index (χ1v) is 14.9. The number of fused-ring (bicyclic) bond motifs is 5. The molecule has 0 bridgehead atoms. The van der Waals surface area contributed by atoms with Crippen molar-refractivity contribution in [3.05, 3.63) is 11.6 Å². The molecule has 32 heavy (non-hydrogen) atoms. The Morgan fingerprint density at radius 3 is 2.28 bits per heavy atom. The smallest absolute Gasteiger partial charge is 0.00418 e. The highest BCUT2D eigenvalue weighted by Gasteiger charge is 2.58. The van der Waals surface area contributed by atoms with E-state index in [2.05, 4.69) is 26.8 Å². The SMILES string of the molecule is CCCCCCCCCCCC=C1CCC2C3CCC4C[C@H](N)CC[C@]4(C)C3CC[C@]12C. The van der Waals surface area contributed by atoms with Gasteiger partial charge in [0, 0.05) is 6.04 Å². The van der Waals surface area contributed by atoms with Crippen LogP contribution in [0, 0.1) is 34.5 Å². The summed E-state index contributed by atoms with van der Waals surface area (Å²) in [6, 6.07) is 0.487. The van der Waals surface area contributed by atoms with Gasteiger partial charge in [-0.25, -0.2) is 0 Å². The summed E-state index contributed by atoms with van der Waals surface area (Å²) in [7, 11) is 0. The molecule has 4 aliphatic rings. The van der Waals surface area contributed by atoms with Crippen LogP contribution in [0.25, 0.3) is 0 Å². The van der Waals surface area contributed by atoms with Gasteiger partial charge in [-0.05, 0) is 105 Å². The Morgan fingerprint density at radius 1 is 0.812 bits per heavy atom. The van der Waals surface area contributed by atoms with Crippen molar-refractivity contribution in [3.8, 4) is 0 Å². The number of rotatable bonds is 10. The largest absolute Gasteiger partial charge is 0.328 e. The summed E-state index contributed by atoms with van der Waals surface area (Å²) < 4.78 is 0. The fourth-order valence-electron chi connectivity index (χ4n) is 9.21. The molecule has 4 rings (SSSR count). The van der Waals surface area contributed by atoms with E-state index in [-0.39, 0.29) is 0 Å². The Morgan fingerprint density at radius 2 is 1.53 bits per heavy atom. The lowest BCUT2D eigenvalue weighted by atomic mass is 9.45. The molecule has 0 saturated heterocycles. The molecule has 4 fully saturated rings. The normalized spacial score (nSPS) is 42.5. The van der Waals surface area contributed by atoms with Crippen molar-refractivity contribution in [1.29, 1.82) is 0 Å². The van der Waals surface area contributed by atoms with E-state index in [9.17, 15) is 0 Å². The van der Waals surface area contributed by atoms with Gasteiger partial charge in [0.15, 0.2) is 0 Å². The van der Waals surface area contributed by atoms with Crippen LogP contribution in [0.15, 0.2) is 11.6 Å². The van der Waals surface area contributed by atoms with Crippen LogP contribution in [-0.4, -0.2) is 6.04 Å². The van der Waals surface area contributed by atoms with Gasteiger partial charge in [-0.2, -0.15) is 0 Å². The van der Waals surface area contributed by atoms with Gasteiger partial charge in [0.25, 0.3) is 0 Å². The van der Waals surface area contributed by atoms with Crippen molar-refractivity contribution in [2.45, 2.75) is 149 Å². The number of unbranched alkanes of at least 4 members (excludes halogenated alkanes) is 9. The summed E-state index contributed by atoms with van der Waals surface area (Å²) in [4.78, 5) is 0. The summed E-state index contributed by atoms with van der Waals surface area (Å²) in [5.41, 5.74) is 9.41. The van der Waals surface area contributed by atoms with E-state index >= 15 is 0 Å². The second kappa shape index (κ2) is 11.0. The first-order valence-electron chi connectivity index (χ1n) is 14.9. The monoisotopic (exact) mass is 441 g/mol. The number of hydrogen-bond acceptors (Lipinski definition) is 1. The molecule has 4 unspecified atom stereocenters. The zero-order valence-corrected chi connectivity index (χ0v) is 22.0. The summed E-state index contributed by atoms with van der Waals surface area (Å²) in [5.74, 6) is 3.88. The molecular weight excluding hydrogens is 386 g/mol. The molecular formula is C31H55N. The van der Waals surface area contributed by atoms with Crippen molar-refractivity contribution in [1.82, 2.24) is 0 Å². The Kier molecular flexibility index (Phi) is 8.50. The van der Waals surface area contributed by atoms with E-state index in [0.717, 1.165) is 23.7 Å². The predicted molar refractivity (Wildman–Crippen MR) is 140 cm³/mol. The molecule has 4 saturated carbocycles. The van der Waals surface area contributed by atoms with Crippen LogP contribution in [0.2, 0.25) is 0 Å². The zero-order valence-electron chi connectivity index (χ0n) is 22.0. The lowest BCUT2D eigenvalue weighted by Gasteiger charge is -2.60. The van der Waals surface area contributed by atoms with E-state index in [0.29, 0.717) is 16.9 Å². The van der Waals surface area contributed by atoms with Crippen molar-refractivity contribution < 1.29 is 0 Å². The molecule has 4 aliphatic carbocycles. The van der Waals surface area contributed by atoms with E-state index < -0.39 is 0 Å². The quantitative estimate of drug-likeness (QED) is 0.265. The molecule has 0 radical (unpaired) electrons. The van der Waals surface area contributed by atoms with Crippen molar-refractivity contribution in [2.75, 3.05) is 0 Å². The molecule has 184 valence electrons. The minimum absolute atomic E-state index is 0.487. The molecule has 0 aromatic heterocycles. The lowest BCUT2D eigenvalue weighted by Crippen LogP contribution is -2.54. The average molecular weight is 442 g/mol. The third-order valence-electron chi connectivity index (χ3n) is 11.3. The standard InChI is InChI=1S/C31H55N/c1-4-5-6-7-8-9-10-11-12-13-14-24-16-18-28-27-17-15-25-23-26(32)19-21-31(25,3)29(27)20-22-30(24,28)2/h14,25-29H,4-13,15-23,32H2,1-3H3/t25?,26-,27?,28?,29?,30-,31+/m1/s1. The molecule has 0 aromatic carbocycles. The van der Waals surface area contributed by atoms with Gasteiger partial charge in [-0.15, -0.1) is 0 Å². The molecule has 7 atom stereocenters. The van der Waals surface area contributed by atoms with Crippen molar-refractivity contribution in [2.24, 2.45) is 40.2 Å². The summed E-state index contributed by atoms with van der Waals surface area (Å²) in [5, 5.41) is 0. The molecule has 2 N–H and O–H groups in total. The second-order valence-corrected chi connectivity index (χ2v) is 13.0. The average Bonchev–Trinajstić information content (AvgIpc) is 3.12. The van der Waals surface area contributed by atoms with Gasteiger partial charge < -0.3 is 5.73 Å². The van der Waals surface area contributed by atoms with Crippen molar-refractivity contribution in [3.63, 3.8) is 0 Å². The van der Waals surface area contributed by atoms with E-state index in [1.165, 1.54) is 122 Å². The van der Waals surface area contributed by atoms with Crippen LogP contribution in [0.1, 0.15) is 143 Å². The third-order valence-corrected chi connectivity index (χ3v) is 11.3. The van der Waals surface area contributed by atoms with Gasteiger partial charge >= 0.3 is 0 Å². The Bertz CT molecular complexity index is 622. The highest BCUT2D eigenvalue weighted by atomic mass is 14.7. The lowest BCUT2D eigenvalue weighted by molar-refractivity contribution is -0.0999. The van der Waals surface area contributed by atoms with Gasteiger partial charge in [0.2, 0.25) is 0 Å². The van der Waals surface area contributed by atoms with Gasteiger partial charge in [-0.1, -0.05) is 83.8 Å². The molecule has 1 heteroatoms. The first-order chi connectivity index (χ1) is 15.5. The number of hydrogen-bond donors (Lipinski definition) is 1. The van der Waals surface area contributed by atoms with Crippen LogP contribution < -0.4 is 5.73 Å². The Hall–Kier alpha value is -0.300. The maximum absolute atomic E-state index is 6.40. The minimum atomic E-state index is 0.487. The molecule has 0 amide bonds. The second-order valence-electron chi connectivity index (χ2n) is 13.0. The highest BCUT2D eigenvalue weighted by Crippen LogP contribution is 2.67.